The Hall–Kier alpha value is -1.99. The lowest BCUT2D eigenvalue weighted by atomic mass is 10.2. The Morgan fingerprint density at radius 3 is 2.68 bits per heavy atom. The molecule has 2 aliphatic heterocycles. The molecule has 22 heavy (non-hydrogen) atoms. The zero-order valence-electron chi connectivity index (χ0n) is 12.8. The normalized spacial score (nSPS) is 18.7. The summed E-state index contributed by atoms with van der Waals surface area (Å²) in [4.78, 5) is 13.3. The fraction of sp³-hybridized carbons (Fsp3) is 0.533. The Labute approximate surface area is 129 Å². The molecule has 0 unspecified atom stereocenters. The van der Waals surface area contributed by atoms with Crippen molar-refractivity contribution in [2.45, 2.75) is 19.6 Å². The van der Waals surface area contributed by atoms with Crippen molar-refractivity contribution in [3.63, 3.8) is 0 Å². The third-order valence-electron chi connectivity index (χ3n) is 4.36. The van der Waals surface area contributed by atoms with E-state index in [1.165, 1.54) is 17.0 Å². The third-order valence-corrected chi connectivity index (χ3v) is 4.36. The minimum absolute atomic E-state index is 0.788. The van der Waals surface area contributed by atoms with E-state index in [0.717, 1.165) is 51.9 Å². The van der Waals surface area contributed by atoms with Crippen molar-refractivity contribution in [2.24, 2.45) is 7.05 Å². The molecule has 2 aromatic rings. The fourth-order valence-electron chi connectivity index (χ4n) is 3.17. The van der Waals surface area contributed by atoms with Crippen molar-refractivity contribution < 1.29 is 4.74 Å². The molecule has 0 N–H and O–H groups in total. The van der Waals surface area contributed by atoms with E-state index in [1.807, 2.05) is 17.8 Å². The highest BCUT2D eigenvalue weighted by Crippen LogP contribution is 2.28. The molecule has 0 bridgehead atoms. The first-order chi connectivity index (χ1) is 10.8. The summed E-state index contributed by atoms with van der Waals surface area (Å²) in [7, 11) is 2.02. The van der Waals surface area contributed by atoms with Crippen LogP contribution >= 0.6 is 0 Å². The van der Waals surface area contributed by atoms with E-state index in [1.54, 1.807) is 12.4 Å². The van der Waals surface area contributed by atoms with Crippen LogP contribution in [0.2, 0.25) is 0 Å². The van der Waals surface area contributed by atoms with E-state index >= 15 is 0 Å². The Balaban J connectivity index is 1.54. The summed E-state index contributed by atoms with van der Waals surface area (Å²) in [5.74, 6) is 0.788. The number of ether oxygens (including phenoxy) is 1. The maximum atomic E-state index is 5.42. The topological polar surface area (TPSA) is 59.3 Å². The SMILES string of the molecule is Cn1nc(CN2CCOCC2)c2c1CN(c1ncccn1)C2. The second kappa shape index (κ2) is 5.66. The van der Waals surface area contributed by atoms with Crippen LogP contribution in [0.25, 0.3) is 0 Å². The van der Waals surface area contributed by atoms with Gasteiger partial charge in [-0.1, -0.05) is 0 Å². The molecule has 1 fully saturated rings. The molecule has 0 saturated carbocycles. The lowest BCUT2D eigenvalue weighted by Crippen LogP contribution is -2.36. The van der Waals surface area contributed by atoms with Gasteiger partial charge in [-0.15, -0.1) is 0 Å². The van der Waals surface area contributed by atoms with Crippen molar-refractivity contribution in [2.75, 3.05) is 31.2 Å². The molecule has 2 aromatic heterocycles. The van der Waals surface area contributed by atoms with Crippen LogP contribution in [0.3, 0.4) is 0 Å². The number of rotatable bonds is 3. The average molecular weight is 300 g/mol. The first kappa shape index (κ1) is 13.7. The van der Waals surface area contributed by atoms with Gasteiger partial charge in [0.05, 0.1) is 37.7 Å². The summed E-state index contributed by atoms with van der Waals surface area (Å²) in [6.45, 7) is 6.17. The van der Waals surface area contributed by atoms with Gasteiger partial charge in [0.15, 0.2) is 0 Å². The molecule has 7 heteroatoms. The lowest BCUT2D eigenvalue weighted by Gasteiger charge is -2.26. The zero-order valence-corrected chi connectivity index (χ0v) is 12.8. The minimum Gasteiger partial charge on any atom is -0.379 e. The van der Waals surface area contributed by atoms with Crippen molar-refractivity contribution in [3.05, 3.63) is 35.4 Å². The van der Waals surface area contributed by atoms with Gasteiger partial charge in [-0.2, -0.15) is 5.10 Å². The Kier molecular flexibility index (Phi) is 3.51. The van der Waals surface area contributed by atoms with Crippen LogP contribution in [0.15, 0.2) is 18.5 Å². The monoisotopic (exact) mass is 300 g/mol. The van der Waals surface area contributed by atoms with Crippen molar-refractivity contribution in [1.82, 2.24) is 24.6 Å². The molecule has 0 aliphatic carbocycles. The highest BCUT2D eigenvalue weighted by atomic mass is 16.5. The lowest BCUT2D eigenvalue weighted by molar-refractivity contribution is 0.0335. The second-order valence-corrected chi connectivity index (χ2v) is 5.79. The van der Waals surface area contributed by atoms with Crippen molar-refractivity contribution >= 4 is 5.95 Å². The second-order valence-electron chi connectivity index (χ2n) is 5.79. The molecule has 0 radical (unpaired) electrons. The van der Waals surface area contributed by atoms with Crippen LogP contribution in [0, 0.1) is 0 Å². The molecule has 0 atom stereocenters. The largest absolute Gasteiger partial charge is 0.379 e. The van der Waals surface area contributed by atoms with E-state index in [2.05, 4.69) is 19.8 Å². The van der Waals surface area contributed by atoms with Gasteiger partial charge in [-0.3, -0.25) is 9.58 Å². The van der Waals surface area contributed by atoms with Gasteiger partial charge in [-0.05, 0) is 6.07 Å². The quantitative estimate of drug-likeness (QED) is 0.825. The smallest absolute Gasteiger partial charge is 0.225 e. The summed E-state index contributed by atoms with van der Waals surface area (Å²) in [5.41, 5.74) is 3.79. The summed E-state index contributed by atoms with van der Waals surface area (Å²) in [5, 5.41) is 4.72. The zero-order chi connectivity index (χ0) is 14.9. The first-order valence-electron chi connectivity index (χ1n) is 7.67. The van der Waals surface area contributed by atoms with Gasteiger partial charge in [0.2, 0.25) is 5.95 Å². The van der Waals surface area contributed by atoms with E-state index in [0.29, 0.717) is 0 Å². The highest BCUT2D eigenvalue weighted by Gasteiger charge is 2.29. The molecule has 0 spiro atoms. The Bertz CT molecular complexity index is 650. The highest BCUT2D eigenvalue weighted by molar-refractivity contribution is 5.42. The molecule has 0 aromatic carbocycles. The molecule has 7 nitrogen and oxygen atoms in total. The van der Waals surface area contributed by atoms with Crippen LogP contribution in [0.4, 0.5) is 5.95 Å². The molecule has 4 rings (SSSR count). The van der Waals surface area contributed by atoms with Crippen molar-refractivity contribution in [3.8, 4) is 0 Å². The third kappa shape index (κ3) is 2.46. The number of hydrogen-bond acceptors (Lipinski definition) is 6. The maximum Gasteiger partial charge on any atom is 0.225 e. The van der Waals surface area contributed by atoms with E-state index < -0.39 is 0 Å². The standard InChI is InChI=1S/C15H20N6O/c1-19-14-11-21(15-16-3-2-4-17-15)9-12(14)13(18-19)10-20-5-7-22-8-6-20/h2-4H,5-11H2,1H3. The predicted octanol–water partition coefficient (Wildman–Crippen LogP) is 0.562. The maximum absolute atomic E-state index is 5.42. The van der Waals surface area contributed by atoms with E-state index in [9.17, 15) is 0 Å². The number of anilines is 1. The van der Waals surface area contributed by atoms with E-state index in [4.69, 9.17) is 9.84 Å². The van der Waals surface area contributed by atoms with Gasteiger partial charge < -0.3 is 9.64 Å². The molecule has 2 aliphatic rings. The molecule has 1 saturated heterocycles. The van der Waals surface area contributed by atoms with Crippen LogP contribution in [0.5, 0.6) is 0 Å². The Morgan fingerprint density at radius 2 is 1.91 bits per heavy atom. The first-order valence-corrected chi connectivity index (χ1v) is 7.67. The van der Waals surface area contributed by atoms with Gasteiger partial charge >= 0.3 is 0 Å². The fourth-order valence-corrected chi connectivity index (χ4v) is 3.17. The number of aryl methyl sites for hydroxylation is 1. The van der Waals surface area contributed by atoms with Gasteiger partial charge in [0.1, 0.15) is 0 Å². The van der Waals surface area contributed by atoms with E-state index in [-0.39, 0.29) is 0 Å². The minimum atomic E-state index is 0.788. The number of nitrogens with zero attached hydrogens (tertiary/aromatic N) is 6. The number of fused-ring (bicyclic) bond motifs is 1. The molecule has 0 amide bonds. The molecular weight excluding hydrogens is 280 g/mol. The Morgan fingerprint density at radius 1 is 1.14 bits per heavy atom. The van der Waals surface area contributed by atoms with Crippen LogP contribution in [-0.2, 0) is 31.4 Å². The van der Waals surface area contributed by atoms with Gasteiger partial charge in [0.25, 0.3) is 0 Å². The van der Waals surface area contributed by atoms with Crippen LogP contribution < -0.4 is 4.90 Å². The molecule has 116 valence electrons. The predicted molar refractivity (Wildman–Crippen MR) is 81.2 cm³/mol. The summed E-state index contributed by atoms with van der Waals surface area (Å²) in [6, 6.07) is 1.85. The molecule has 4 heterocycles. The summed E-state index contributed by atoms with van der Waals surface area (Å²) in [6.07, 6.45) is 3.58. The number of morpholine rings is 1. The summed E-state index contributed by atoms with van der Waals surface area (Å²) >= 11 is 0. The van der Waals surface area contributed by atoms with Crippen molar-refractivity contribution in [1.29, 1.82) is 0 Å². The molecular formula is C15H20N6O. The summed E-state index contributed by atoms with van der Waals surface area (Å²) < 4.78 is 7.43. The number of hydrogen-bond donors (Lipinski definition) is 0. The van der Waals surface area contributed by atoms with Gasteiger partial charge in [0, 0.05) is 44.6 Å². The van der Waals surface area contributed by atoms with Crippen LogP contribution in [0.1, 0.15) is 17.0 Å². The van der Waals surface area contributed by atoms with Crippen LogP contribution in [-0.4, -0.2) is 51.0 Å². The van der Waals surface area contributed by atoms with Gasteiger partial charge in [-0.25, -0.2) is 9.97 Å². The number of aromatic nitrogens is 4. The average Bonchev–Trinajstić information content (AvgIpc) is 3.11.